The molecule has 1 fully saturated rings. The minimum atomic E-state index is -1.23. The number of nitrogens with zero attached hydrogens (tertiary/aromatic N) is 1. The van der Waals surface area contributed by atoms with Gasteiger partial charge in [-0.2, -0.15) is 0 Å². The number of likely N-dealkylation sites (tertiary alicyclic amines) is 1. The molecule has 2 aromatic rings. The van der Waals surface area contributed by atoms with E-state index in [-0.39, 0.29) is 12.5 Å². The first kappa shape index (κ1) is 20.0. The lowest BCUT2D eigenvalue weighted by molar-refractivity contribution is -0.268. The third kappa shape index (κ3) is 5.63. The molecule has 6 heteroatoms. The van der Waals surface area contributed by atoms with Crippen molar-refractivity contribution in [2.24, 2.45) is 0 Å². The standard InChI is InChI=1S/C22H27NO5/c24-21-16-23(22(25)26)13-12-20(21)17-8-10-19(11-9-17)28-15-5-4-14-27-18-6-2-1-3-7-18/h1-3,6-11,20-21,24H,4-5,12-16H2,(H,25,26)/p-1. The molecule has 3 rings (SSSR count). The molecule has 1 N–H and O–H groups in total. The second-order valence-corrected chi connectivity index (χ2v) is 6.96. The van der Waals surface area contributed by atoms with Gasteiger partial charge < -0.3 is 29.4 Å². The summed E-state index contributed by atoms with van der Waals surface area (Å²) in [5.74, 6) is 1.60. The predicted octanol–water partition coefficient (Wildman–Crippen LogP) is 2.42. The van der Waals surface area contributed by atoms with Crippen molar-refractivity contribution in [3.63, 3.8) is 0 Å². The van der Waals surface area contributed by atoms with Crippen molar-refractivity contribution in [3.8, 4) is 11.5 Å². The number of rotatable bonds is 8. The van der Waals surface area contributed by atoms with Gasteiger partial charge in [-0.05, 0) is 49.1 Å². The lowest BCUT2D eigenvalue weighted by Crippen LogP contribution is -2.50. The van der Waals surface area contributed by atoms with Crippen molar-refractivity contribution in [3.05, 3.63) is 60.2 Å². The largest absolute Gasteiger partial charge is 0.530 e. The van der Waals surface area contributed by atoms with Crippen LogP contribution in [0.25, 0.3) is 0 Å². The summed E-state index contributed by atoms with van der Waals surface area (Å²) in [5, 5.41) is 21.1. The number of aliphatic hydroxyl groups is 1. The highest BCUT2D eigenvalue weighted by atomic mass is 16.5. The van der Waals surface area contributed by atoms with E-state index in [9.17, 15) is 15.0 Å². The van der Waals surface area contributed by atoms with E-state index in [4.69, 9.17) is 9.47 Å². The van der Waals surface area contributed by atoms with E-state index < -0.39 is 12.2 Å². The minimum Gasteiger partial charge on any atom is -0.530 e. The van der Waals surface area contributed by atoms with Crippen LogP contribution in [-0.2, 0) is 0 Å². The first-order chi connectivity index (χ1) is 13.6. The van der Waals surface area contributed by atoms with Crippen molar-refractivity contribution in [1.82, 2.24) is 4.90 Å². The van der Waals surface area contributed by atoms with Crippen LogP contribution in [0.1, 0.15) is 30.7 Å². The van der Waals surface area contributed by atoms with E-state index in [2.05, 4.69) is 0 Å². The molecule has 0 radical (unpaired) electrons. The van der Waals surface area contributed by atoms with Gasteiger partial charge in [-0.15, -0.1) is 0 Å². The maximum atomic E-state index is 10.9. The Bertz CT molecular complexity index is 734. The molecule has 2 atom stereocenters. The van der Waals surface area contributed by atoms with E-state index in [1.165, 1.54) is 0 Å². The molecule has 6 nitrogen and oxygen atoms in total. The SMILES string of the molecule is O=C([O-])N1CCC(c2ccc(OCCCCOc3ccccc3)cc2)C(O)C1. The molecule has 2 aromatic carbocycles. The van der Waals surface area contributed by atoms with E-state index in [1.807, 2.05) is 54.6 Å². The van der Waals surface area contributed by atoms with Gasteiger partial charge in [0.15, 0.2) is 0 Å². The zero-order valence-corrected chi connectivity index (χ0v) is 15.8. The lowest BCUT2D eigenvalue weighted by atomic mass is 9.87. The summed E-state index contributed by atoms with van der Waals surface area (Å²) in [6.07, 6.45) is 0.445. The number of unbranched alkanes of at least 4 members (excludes halogenated alkanes) is 1. The number of benzene rings is 2. The van der Waals surface area contributed by atoms with Gasteiger partial charge in [0.1, 0.15) is 17.6 Å². The lowest BCUT2D eigenvalue weighted by Gasteiger charge is -2.37. The van der Waals surface area contributed by atoms with Gasteiger partial charge in [0, 0.05) is 19.0 Å². The number of para-hydroxylation sites is 1. The Morgan fingerprint density at radius 1 is 1.00 bits per heavy atom. The minimum absolute atomic E-state index is 0.0696. The Hall–Kier alpha value is -2.73. The summed E-state index contributed by atoms with van der Waals surface area (Å²) in [6.45, 7) is 1.75. The fraction of sp³-hybridized carbons (Fsp3) is 0.409. The van der Waals surface area contributed by atoms with Crippen molar-refractivity contribution < 1.29 is 24.5 Å². The number of hydrogen-bond donors (Lipinski definition) is 1. The van der Waals surface area contributed by atoms with E-state index in [1.54, 1.807) is 0 Å². The Labute approximate surface area is 165 Å². The number of carbonyl (C=O) groups excluding carboxylic acids is 1. The number of aliphatic hydroxyl groups excluding tert-OH is 1. The summed E-state index contributed by atoms with van der Waals surface area (Å²) in [7, 11) is 0. The van der Waals surface area contributed by atoms with E-state index in [0.717, 1.165) is 34.8 Å². The van der Waals surface area contributed by atoms with Crippen LogP contribution in [0.2, 0.25) is 0 Å². The van der Waals surface area contributed by atoms with Crippen molar-refractivity contribution >= 4 is 6.09 Å². The smallest absolute Gasteiger partial charge is 0.137 e. The van der Waals surface area contributed by atoms with Gasteiger partial charge in [0.05, 0.1) is 19.3 Å². The molecule has 150 valence electrons. The van der Waals surface area contributed by atoms with Crippen LogP contribution in [0.15, 0.2) is 54.6 Å². The highest BCUT2D eigenvalue weighted by Gasteiger charge is 2.28. The maximum absolute atomic E-state index is 10.9. The van der Waals surface area contributed by atoms with Gasteiger partial charge in [-0.3, -0.25) is 0 Å². The van der Waals surface area contributed by atoms with Crippen LogP contribution in [0.3, 0.4) is 0 Å². The molecule has 0 spiro atoms. The molecular formula is C22H26NO5-. The molecule has 1 heterocycles. The Kier molecular flexibility index (Phi) is 7.14. The van der Waals surface area contributed by atoms with Crippen LogP contribution in [0, 0.1) is 0 Å². The van der Waals surface area contributed by atoms with E-state index in [0.29, 0.717) is 26.2 Å². The Balaban J connectivity index is 1.37. The molecule has 0 aromatic heterocycles. The molecule has 1 amide bonds. The first-order valence-corrected chi connectivity index (χ1v) is 9.68. The number of piperidine rings is 1. The summed E-state index contributed by atoms with van der Waals surface area (Å²) >= 11 is 0. The molecule has 0 bridgehead atoms. The number of β-amino-alcohol motifs (C(OH)–C–C–N with tert-alkyl or cyclic N) is 1. The number of carbonyl (C=O) groups is 1. The highest BCUT2D eigenvalue weighted by molar-refractivity contribution is 5.62. The summed E-state index contributed by atoms with van der Waals surface area (Å²) < 4.78 is 11.4. The third-order valence-electron chi connectivity index (χ3n) is 4.97. The van der Waals surface area contributed by atoms with Crippen LogP contribution >= 0.6 is 0 Å². The summed E-state index contributed by atoms with van der Waals surface area (Å²) in [6, 6.07) is 17.4. The molecule has 1 saturated heterocycles. The van der Waals surface area contributed by atoms with Crippen molar-refractivity contribution in [1.29, 1.82) is 0 Å². The van der Waals surface area contributed by atoms with Crippen LogP contribution < -0.4 is 14.6 Å². The molecule has 2 unspecified atom stereocenters. The van der Waals surface area contributed by atoms with Crippen LogP contribution in [0.5, 0.6) is 11.5 Å². The quantitative estimate of drug-likeness (QED) is 0.707. The molecule has 1 aliphatic rings. The topological polar surface area (TPSA) is 82.1 Å². The van der Waals surface area contributed by atoms with Gasteiger partial charge in [-0.1, -0.05) is 30.3 Å². The summed E-state index contributed by atoms with van der Waals surface area (Å²) in [5.41, 5.74) is 0.995. The number of hydrogen-bond acceptors (Lipinski definition) is 5. The fourth-order valence-corrected chi connectivity index (χ4v) is 3.40. The van der Waals surface area contributed by atoms with Crippen molar-refractivity contribution in [2.45, 2.75) is 31.3 Å². The van der Waals surface area contributed by atoms with Gasteiger partial charge >= 0.3 is 0 Å². The average molecular weight is 384 g/mol. The maximum Gasteiger partial charge on any atom is 0.137 e. The number of ether oxygens (including phenoxy) is 2. The second-order valence-electron chi connectivity index (χ2n) is 6.96. The third-order valence-corrected chi connectivity index (χ3v) is 4.97. The molecule has 0 aliphatic carbocycles. The van der Waals surface area contributed by atoms with E-state index >= 15 is 0 Å². The van der Waals surface area contributed by atoms with Gasteiger partial charge in [-0.25, -0.2) is 0 Å². The molecule has 0 saturated carbocycles. The number of carboxylic acid groups (broad SMARTS) is 1. The van der Waals surface area contributed by atoms with Gasteiger partial charge in [0.2, 0.25) is 0 Å². The van der Waals surface area contributed by atoms with Crippen LogP contribution in [0.4, 0.5) is 4.79 Å². The molecule has 1 aliphatic heterocycles. The fourth-order valence-electron chi connectivity index (χ4n) is 3.40. The van der Waals surface area contributed by atoms with Crippen molar-refractivity contribution in [2.75, 3.05) is 26.3 Å². The zero-order chi connectivity index (χ0) is 19.8. The predicted molar refractivity (Wildman–Crippen MR) is 103 cm³/mol. The second kappa shape index (κ2) is 9.99. The van der Waals surface area contributed by atoms with Gasteiger partial charge in [0.25, 0.3) is 0 Å². The molecule has 28 heavy (non-hydrogen) atoms. The Morgan fingerprint density at radius 2 is 1.61 bits per heavy atom. The number of amides is 1. The summed E-state index contributed by atoms with van der Waals surface area (Å²) in [4.78, 5) is 12.1. The molecular weight excluding hydrogens is 358 g/mol. The highest BCUT2D eigenvalue weighted by Crippen LogP contribution is 2.29. The Morgan fingerprint density at radius 3 is 2.18 bits per heavy atom. The zero-order valence-electron chi connectivity index (χ0n) is 15.8. The monoisotopic (exact) mass is 384 g/mol. The normalized spacial score (nSPS) is 19.2. The van der Waals surface area contributed by atoms with Crippen LogP contribution in [-0.4, -0.2) is 48.5 Å². The average Bonchev–Trinajstić information content (AvgIpc) is 2.72. The first-order valence-electron chi connectivity index (χ1n) is 9.68.